The molecule has 0 spiro atoms. The van der Waals surface area contributed by atoms with Crippen molar-refractivity contribution in [1.82, 2.24) is 0 Å². The lowest BCUT2D eigenvalue weighted by atomic mass is 9.93. The number of benzene rings is 3. The lowest BCUT2D eigenvalue weighted by Crippen LogP contribution is -2.34. The standard InChI is InChI=1S/C37H33BrO13/c1-13-10-22(20(8)29(40)25(13)34(44)49-31-17(5)14(2)26(33(42)43)15(3)18(31)6)48-35(45)27-16(4)19(7)32(28(38)30(27)41)50-36(46)37-23(47-9)11-21(39)12-24(37)51-37/h10-12,40-41H,1-9H3,(H,42,43)/t37-/m0/s1. The van der Waals surface area contributed by atoms with Crippen LogP contribution in [0, 0.1) is 55.4 Å². The normalized spacial score (nSPS) is 15.9. The molecule has 1 heterocycles. The lowest BCUT2D eigenvalue weighted by molar-refractivity contribution is -0.140. The molecule has 51 heavy (non-hydrogen) atoms. The SMILES string of the molecule is COC1=CC(=O)C=C2O[C@@]12C(=O)Oc1c(C)c(C)c(C(=O)Oc2cc(C)c(C(=O)Oc3c(C)c(C)c(C(=O)O)c(C)c3C)c(O)c2C)c(O)c1Br. The van der Waals surface area contributed by atoms with Gasteiger partial charge in [0, 0.05) is 17.7 Å². The zero-order valence-electron chi connectivity index (χ0n) is 29.0. The number of carboxylic acids is 1. The molecule has 1 atom stereocenters. The predicted molar refractivity (Wildman–Crippen MR) is 183 cm³/mol. The number of rotatable bonds is 8. The zero-order valence-corrected chi connectivity index (χ0v) is 30.6. The number of ketones is 1. The lowest BCUT2D eigenvalue weighted by Gasteiger charge is -2.20. The molecular weight excluding hydrogens is 732 g/mol. The number of aromatic carboxylic acids is 1. The van der Waals surface area contributed by atoms with E-state index in [0.29, 0.717) is 22.3 Å². The van der Waals surface area contributed by atoms with Crippen LogP contribution in [0.4, 0.5) is 0 Å². The monoisotopic (exact) mass is 764 g/mol. The number of carboxylic acid groups (broad SMARTS) is 1. The van der Waals surface area contributed by atoms with Gasteiger partial charge in [-0.1, -0.05) is 0 Å². The Morgan fingerprint density at radius 2 is 1.25 bits per heavy atom. The molecule has 3 aromatic carbocycles. The first kappa shape index (κ1) is 36.6. The zero-order chi connectivity index (χ0) is 38.0. The van der Waals surface area contributed by atoms with Gasteiger partial charge in [-0.3, -0.25) is 4.79 Å². The molecule has 1 aliphatic carbocycles. The van der Waals surface area contributed by atoms with Gasteiger partial charge in [-0.2, -0.15) is 0 Å². The van der Waals surface area contributed by atoms with Crippen LogP contribution in [-0.4, -0.2) is 57.7 Å². The van der Waals surface area contributed by atoms with Crippen molar-refractivity contribution in [2.45, 2.75) is 61.0 Å². The Hall–Kier alpha value is -5.63. The van der Waals surface area contributed by atoms with E-state index in [-0.39, 0.29) is 72.2 Å². The van der Waals surface area contributed by atoms with Crippen molar-refractivity contribution < 1.29 is 63.0 Å². The Morgan fingerprint density at radius 1 is 0.706 bits per heavy atom. The van der Waals surface area contributed by atoms with Crippen LogP contribution < -0.4 is 14.2 Å². The number of phenolic OH excluding ortho intramolecular Hbond substituents is 2. The van der Waals surface area contributed by atoms with Crippen molar-refractivity contribution in [2.75, 3.05) is 7.11 Å². The molecule has 5 rings (SSSR count). The molecule has 2 aliphatic rings. The minimum absolute atomic E-state index is 0.0157. The first-order chi connectivity index (χ1) is 23.8. The number of fused-ring (bicyclic) bond motifs is 1. The number of hydrogen-bond acceptors (Lipinski definition) is 12. The molecule has 1 fully saturated rings. The van der Waals surface area contributed by atoms with Crippen LogP contribution in [0.3, 0.4) is 0 Å². The minimum Gasteiger partial charge on any atom is -0.507 e. The van der Waals surface area contributed by atoms with Crippen molar-refractivity contribution in [3.63, 3.8) is 0 Å². The summed E-state index contributed by atoms with van der Waals surface area (Å²) in [5.41, 5.74) is 0.344. The van der Waals surface area contributed by atoms with E-state index < -0.39 is 46.8 Å². The van der Waals surface area contributed by atoms with E-state index in [1.54, 1.807) is 34.6 Å². The smallest absolute Gasteiger partial charge is 0.372 e. The van der Waals surface area contributed by atoms with Gasteiger partial charge in [0.1, 0.15) is 38.6 Å². The highest BCUT2D eigenvalue weighted by atomic mass is 79.9. The number of aryl methyl sites for hydroxylation is 1. The number of epoxide rings is 1. The maximum absolute atomic E-state index is 13.6. The second-order valence-electron chi connectivity index (χ2n) is 12.2. The van der Waals surface area contributed by atoms with Gasteiger partial charge in [-0.05, 0) is 116 Å². The summed E-state index contributed by atoms with van der Waals surface area (Å²) in [6.45, 7) is 12.5. The van der Waals surface area contributed by atoms with Crippen LogP contribution in [0.15, 0.2) is 34.2 Å². The summed E-state index contributed by atoms with van der Waals surface area (Å²) in [6.07, 6.45) is 2.24. The molecule has 266 valence electrons. The molecule has 14 heteroatoms. The Balaban J connectivity index is 1.42. The Bertz CT molecular complexity index is 2150. The van der Waals surface area contributed by atoms with Crippen LogP contribution in [0.5, 0.6) is 28.7 Å². The van der Waals surface area contributed by atoms with E-state index in [4.69, 9.17) is 23.7 Å². The van der Waals surface area contributed by atoms with Gasteiger partial charge < -0.3 is 39.0 Å². The van der Waals surface area contributed by atoms with Crippen molar-refractivity contribution in [1.29, 1.82) is 0 Å². The number of ether oxygens (including phenoxy) is 5. The molecule has 1 saturated heterocycles. The van der Waals surface area contributed by atoms with E-state index in [1.807, 2.05) is 0 Å². The highest BCUT2D eigenvalue weighted by Gasteiger charge is 2.68. The molecule has 0 amide bonds. The number of methoxy groups -OCH3 is 1. The molecule has 0 saturated carbocycles. The van der Waals surface area contributed by atoms with Gasteiger partial charge in [0.2, 0.25) is 0 Å². The molecule has 3 N–H and O–H groups in total. The van der Waals surface area contributed by atoms with E-state index in [1.165, 1.54) is 33.9 Å². The van der Waals surface area contributed by atoms with Gasteiger partial charge in [-0.25, -0.2) is 19.2 Å². The molecule has 13 nitrogen and oxygen atoms in total. The Kier molecular flexibility index (Phi) is 9.28. The van der Waals surface area contributed by atoms with Gasteiger partial charge >= 0.3 is 29.5 Å². The van der Waals surface area contributed by atoms with Crippen molar-refractivity contribution in [3.8, 4) is 28.7 Å². The maximum Gasteiger partial charge on any atom is 0.372 e. The molecule has 1 aliphatic heterocycles. The number of esters is 3. The molecule has 0 aromatic heterocycles. The summed E-state index contributed by atoms with van der Waals surface area (Å²) in [6, 6.07) is 1.35. The van der Waals surface area contributed by atoms with E-state index >= 15 is 0 Å². The van der Waals surface area contributed by atoms with Crippen molar-refractivity contribution in [2.24, 2.45) is 0 Å². The first-order valence-corrected chi connectivity index (χ1v) is 16.2. The predicted octanol–water partition coefficient (Wildman–Crippen LogP) is 6.14. The number of carbonyl (C=O) groups excluding carboxylic acids is 4. The van der Waals surface area contributed by atoms with Crippen molar-refractivity contribution >= 4 is 45.6 Å². The van der Waals surface area contributed by atoms with Crippen LogP contribution in [0.2, 0.25) is 0 Å². The second-order valence-corrected chi connectivity index (χ2v) is 13.0. The highest BCUT2D eigenvalue weighted by Crippen LogP contribution is 2.51. The molecule has 3 aromatic rings. The van der Waals surface area contributed by atoms with Crippen LogP contribution >= 0.6 is 15.9 Å². The summed E-state index contributed by atoms with van der Waals surface area (Å²) in [5, 5.41) is 31.9. The summed E-state index contributed by atoms with van der Waals surface area (Å²) >= 11 is 3.20. The highest BCUT2D eigenvalue weighted by molar-refractivity contribution is 9.10. The van der Waals surface area contributed by atoms with E-state index in [9.17, 15) is 39.3 Å². The fourth-order valence-corrected chi connectivity index (χ4v) is 6.60. The van der Waals surface area contributed by atoms with E-state index in [2.05, 4.69) is 15.9 Å². The van der Waals surface area contributed by atoms with Gasteiger partial charge in [0.25, 0.3) is 0 Å². The number of aromatic hydroxyl groups is 2. The topological polar surface area (TPSA) is 195 Å². The van der Waals surface area contributed by atoms with Crippen LogP contribution in [0.25, 0.3) is 0 Å². The fourth-order valence-electron chi connectivity index (χ4n) is 6.02. The largest absolute Gasteiger partial charge is 0.507 e. The number of hydrogen-bond donors (Lipinski definition) is 3. The van der Waals surface area contributed by atoms with Crippen LogP contribution in [0.1, 0.15) is 75.6 Å². The van der Waals surface area contributed by atoms with Gasteiger partial charge in [0.05, 0.1) is 12.7 Å². The molecule has 0 radical (unpaired) electrons. The molecular formula is C37H33BrO13. The van der Waals surface area contributed by atoms with Crippen molar-refractivity contribution in [3.05, 3.63) is 95.4 Å². The van der Waals surface area contributed by atoms with Gasteiger partial charge in [-0.15, -0.1) is 0 Å². The van der Waals surface area contributed by atoms with E-state index in [0.717, 1.165) is 12.2 Å². The third kappa shape index (κ3) is 5.78. The quantitative estimate of drug-likeness (QED) is 0.135. The first-order valence-electron chi connectivity index (χ1n) is 15.4. The molecule has 0 unspecified atom stereocenters. The third-order valence-electron chi connectivity index (χ3n) is 9.37. The second kappa shape index (κ2) is 12.9. The minimum atomic E-state index is -1.74. The number of allylic oxidation sites excluding steroid dienone is 2. The Labute approximate surface area is 300 Å². The third-order valence-corrected chi connectivity index (χ3v) is 10.1. The number of carbonyl (C=O) groups is 5. The summed E-state index contributed by atoms with van der Waals surface area (Å²) in [4.78, 5) is 64.0. The summed E-state index contributed by atoms with van der Waals surface area (Å²) in [5.74, 6) is -5.63. The average molecular weight is 766 g/mol. The Morgan fingerprint density at radius 3 is 1.82 bits per heavy atom. The summed E-state index contributed by atoms with van der Waals surface area (Å²) < 4.78 is 27.4. The fraction of sp³-hybridized carbons (Fsp3) is 0.270. The number of halogens is 1. The maximum atomic E-state index is 13.6. The number of phenols is 2. The average Bonchev–Trinajstić information content (AvgIpc) is 3.80. The van der Waals surface area contributed by atoms with Gasteiger partial charge in [0.15, 0.2) is 23.1 Å². The van der Waals surface area contributed by atoms with Crippen LogP contribution in [-0.2, 0) is 19.1 Å². The molecule has 0 bridgehead atoms. The summed E-state index contributed by atoms with van der Waals surface area (Å²) in [7, 11) is 1.27.